The normalized spacial score (nSPS) is 13.2. The molecule has 1 aliphatic rings. The zero-order valence-corrected chi connectivity index (χ0v) is 32.4. The van der Waals surface area contributed by atoms with E-state index in [4.69, 9.17) is 21.1 Å². The summed E-state index contributed by atoms with van der Waals surface area (Å²) in [7, 11) is 1.50. The van der Waals surface area contributed by atoms with Crippen LogP contribution in [0.4, 0.5) is 36.4 Å². The first-order valence-corrected chi connectivity index (χ1v) is 18.5. The van der Waals surface area contributed by atoms with Gasteiger partial charge in [0.25, 0.3) is 5.91 Å². The van der Waals surface area contributed by atoms with Crippen LogP contribution in [0.15, 0.2) is 97.1 Å². The van der Waals surface area contributed by atoms with Gasteiger partial charge in [0.15, 0.2) is 6.61 Å². The molecular formula is C41H40ClF3N8O5. The number of nitrogens with zero attached hydrogens (tertiary/aromatic N) is 3. The fourth-order valence-corrected chi connectivity index (χ4v) is 5.92. The average Bonchev–Trinajstić information content (AvgIpc) is 3.99. The van der Waals surface area contributed by atoms with Gasteiger partial charge in [-0.2, -0.15) is 28.1 Å². The maximum Gasteiger partial charge on any atom is 0.422 e. The van der Waals surface area contributed by atoms with Gasteiger partial charge in [-0.3, -0.25) is 14.4 Å². The maximum absolute atomic E-state index is 13.1. The largest absolute Gasteiger partial charge is 0.497 e. The Hall–Kier alpha value is -6.42. The number of aromatic nitrogens is 3. The number of hydrogen-bond acceptors (Lipinski definition) is 10. The standard InChI is InChI=1S/C41H40ClF3N8O5/c1-39(2,23-47-34(55)35(56)49-32-21-30(57-3)17-18-31(32)25-7-5-4-6-8-25)22-46-33(54)26-9-15-29(16-10-26)48-36-50-37(52-38(51-36)58-24-41(43,44)45)53-40(19-20-40)27-11-13-28(42)14-12-27/h4-18,21H,19-20,22-24H2,1-3H3,(H,46,54)(H,47,55)(H,49,56)(H2,48,50,51,52,53). The molecule has 1 heterocycles. The van der Waals surface area contributed by atoms with Crippen LogP contribution in [0.1, 0.15) is 42.6 Å². The molecule has 1 aliphatic carbocycles. The topological polar surface area (TPSA) is 168 Å². The summed E-state index contributed by atoms with van der Waals surface area (Å²) in [5.74, 6) is -1.69. The van der Waals surface area contributed by atoms with Crippen LogP contribution in [0.2, 0.25) is 5.02 Å². The first kappa shape index (κ1) is 41.2. The van der Waals surface area contributed by atoms with E-state index < -0.39 is 47.5 Å². The minimum absolute atomic E-state index is 0.00612. The zero-order chi connectivity index (χ0) is 41.5. The second-order valence-electron chi connectivity index (χ2n) is 14.3. The summed E-state index contributed by atoms with van der Waals surface area (Å²) in [6.07, 6.45) is -3.15. The number of carbonyl (C=O) groups excluding carboxylic acids is 3. The lowest BCUT2D eigenvalue weighted by Gasteiger charge is -2.25. The molecule has 4 aromatic carbocycles. The van der Waals surface area contributed by atoms with Gasteiger partial charge in [-0.1, -0.05) is 67.9 Å². The Morgan fingerprint density at radius 1 is 0.810 bits per heavy atom. The highest BCUT2D eigenvalue weighted by Crippen LogP contribution is 2.48. The highest BCUT2D eigenvalue weighted by molar-refractivity contribution is 6.40. The van der Waals surface area contributed by atoms with E-state index >= 15 is 0 Å². The minimum atomic E-state index is -4.61. The number of anilines is 4. The predicted molar refractivity (Wildman–Crippen MR) is 213 cm³/mol. The second-order valence-corrected chi connectivity index (χ2v) is 14.8. The van der Waals surface area contributed by atoms with Crippen molar-refractivity contribution in [2.24, 2.45) is 5.41 Å². The number of alkyl halides is 3. The summed E-state index contributed by atoms with van der Waals surface area (Å²) in [5.41, 5.74) is 2.44. The first-order valence-electron chi connectivity index (χ1n) is 18.1. The van der Waals surface area contributed by atoms with E-state index in [0.29, 0.717) is 33.3 Å². The van der Waals surface area contributed by atoms with Crippen molar-refractivity contribution in [3.05, 3.63) is 113 Å². The van der Waals surface area contributed by atoms with E-state index in [1.165, 1.54) is 7.11 Å². The smallest absolute Gasteiger partial charge is 0.422 e. The molecule has 17 heteroatoms. The average molecular weight is 817 g/mol. The van der Waals surface area contributed by atoms with E-state index in [2.05, 4.69) is 41.5 Å². The predicted octanol–water partition coefficient (Wildman–Crippen LogP) is 7.50. The number of methoxy groups -OCH3 is 1. The molecule has 5 aromatic rings. The molecule has 1 fully saturated rings. The van der Waals surface area contributed by atoms with Crippen LogP contribution in [0, 0.1) is 5.41 Å². The molecule has 3 amide bonds. The van der Waals surface area contributed by atoms with Crippen LogP contribution in [-0.2, 0) is 15.1 Å². The molecule has 13 nitrogen and oxygen atoms in total. The van der Waals surface area contributed by atoms with Gasteiger partial charge in [0.1, 0.15) is 5.75 Å². The number of nitrogens with one attached hydrogen (secondary N) is 5. The van der Waals surface area contributed by atoms with Gasteiger partial charge in [-0.25, -0.2) is 0 Å². The van der Waals surface area contributed by atoms with Crippen LogP contribution >= 0.6 is 11.6 Å². The fourth-order valence-electron chi connectivity index (χ4n) is 5.79. The molecule has 1 aromatic heterocycles. The molecule has 0 aliphatic heterocycles. The highest BCUT2D eigenvalue weighted by atomic mass is 35.5. The summed E-state index contributed by atoms with van der Waals surface area (Å²) in [4.78, 5) is 51.3. The molecule has 1 saturated carbocycles. The van der Waals surface area contributed by atoms with Gasteiger partial charge in [0.2, 0.25) is 11.9 Å². The van der Waals surface area contributed by atoms with Crippen molar-refractivity contribution < 1.29 is 37.0 Å². The Kier molecular flexibility index (Phi) is 12.4. The number of ether oxygens (including phenoxy) is 2. The molecule has 0 atom stereocenters. The molecule has 58 heavy (non-hydrogen) atoms. The third-order valence-electron chi connectivity index (χ3n) is 9.10. The summed E-state index contributed by atoms with van der Waals surface area (Å²) >= 11 is 6.05. The van der Waals surface area contributed by atoms with Crippen LogP contribution < -0.4 is 36.1 Å². The molecule has 0 saturated heterocycles. The fraction of sp³-hybridized carbons (Fsp3) is 0.268. The molecule has 0 spiro atoms. The number of hydrogen-bond donors (Lipinski definition) is 5. The van der Waals surface area contributed by atoms with Crippen molar-refractivity contribution >= 4 is 52.6 Å². The van der Waals surface area contributed by atoms with E-state index in [9.17, 15) is 27.6 Å². The van der Waals surface area contributed by atoms with Crippen molar-refractivity contribution in [2.45, 2.75) is 38.4 Å². The molecule has 302 valence electrons. The molecule has 5 N–H and O–H groups in total. The molecule has 0 unspecified atom stereocenters. The Morgan fingerprint density at radius 2 is 1.48 bits per heavy atom. The van der Waals surface area contributed by atoms with Crippen molar-refractivity contribution in [3.63, 3.8) is 0 Å². The van der Waals surface area contributed by atoms with E-state index in [1.54, 1.807) is 54.6 Å². The van der Waals surface area contributed by atoms with E-state index in [1.807, 2.05) is 56.3 Å². The molecule has 0 radical (unpaired) electrons. The van der Waals surface area contributed by atoms with Crippen LogP contribution in [0.25, 0.3) is 11.1 Å². The SMILES string of the molecule is COc1ccc(-c2ccccc2)c(NC(=O)C(=O)NCC(C)(C)CNC(=O)c2ccc(Nc3nc(NC4(c5ccc(Cl)cc5)CC4)nc(OCC(F)(F)F)n3)cc2)c1. The first-order chi connectivity index (χ1) is 27.6. The molecule has 6 rings (SSSR count). The number of carbonyl (C=O) groups is 3. The van der Waals surface area contributed by atoms with E-state index in [-0.39, 0.29) is 25.0 Å². The summed E-state index contributed by atoms with van der Waals surface area (Å²) < 4.78 is 49.1. The lowest BCUT2D eigenvalue weighted by molar-refractivity contribution is -0.154. The lowest BCUT2D eigenvalue weighted by atomic mass is 9.93. The molecule has 0 bridgehead atoms. The monoisotopic (exact) mass is 816 g/mol. The third-order valence-corrected chi connectivity index (χ3v) is 9.35. The Balaban J connectivity index is 1.04. The maximum atomic E-state index is 13.1. The van der Waals surface area contributed by atoms with Gasteiger partial charge in [0.05, 0.1) is 18.3 Å². The Labute approximate surface area is 337 Å². The number of benzene rings is 4. The van der Waals surface area contributed by atoms with Gasteiger partial charge in [0, 0.05) is 41.0 Å². The highest BCUT2D eigenvalue weighted by Gasteiger charge is 2.45. The number of amides is 3. The quantitative estimate of drug-likeness (QED) is 0.0668. The molecular weight excluding hydrogens is 777 g/mol. The zero-order valence-electron chi connectivity index (χ0n) is 31.7. The van der Waals surface area contributed by atoms with Crippen molar-refractivity contribution in [1.82, 2.24) is 25.6 Å². The Morgan fingerprint density at radius 3 is 2.14 bits per heavy atom. The minimum Gasteiger partial charge on any atom is -0.497 e. The lowest BCUT2D eigenvalue weighted by Crippen LogP contribution is -2.45. The summed E-state index contributed by atoms with van der Waals surface area (Å²) in [5, 5.41) is 14.9. The Bertz CT molecular complexity index is 2260. The second kappa shape index (κ2) is 17.4. The van der Waals surface area contributed by atoms with Gasteiger partial charge in [-0.05, 0) is 77.9 Å². The van der Waals surface area contributed by atoms with E-state index in [0.717, 1.165) is 24.0 Å². The van der Waals surface area contributed by atoms with Crippen LogP contribution in [0.5, 0.6) is 11.8 Å². The van der Waals surface area contributed by atoms with Crippen molar-refractivity contribution in [1.29, 1.82) is 0 Å². The van der Waals surface area contributed by atoms with Gasteiger partial charge in [-0.15, -0.1) is 0 Å². The summed E-state index contributed by atoms with van der Waals surface area (Å²) in [6, 6.07) is 27.5. The van der Waals surface area contributed by atoms with Crippen molar-refractivity contribution in [2.75, 3.05) is 42.8 Å². The van der Waals surface area contributed by atoms with Gasteiger partial charge < -0.3 is 36.1 Å². The van der Waals surface area contributed by atoms with Crippen molar-refractivity contribution in [3.8, 4) is 22.9 Å². The van der Waals surface area contributed by atoms with Crippen LogP contribution in [0.3, 0.4) is 0 Å². The number of rotatable bonds is 15. The van der Waals surface area contributed by atoms with Crippen LogP contribution in [-0.4, -0.2) is 65.7 Å². The summed E-state index contributed by atoms with van der Waals surface area (Å²) in [6.45, 7) is 2.27. The number of halogens is 4. The third kappa shape index (κ3) is 11.1. The van der Waals surface area contributed by atoms with Gasteiger partial charge >= 0.3 is 24.0 Å².